The lowest BCUT2D eigenvalue weighted by atomic mass is 10.2. The van der Waals surface area contributed by atoms with Crippen LogP contribution in [0, 0.1) is 10.1 Å². The van der Waals surface area contributed by atoms with Gasteiger partial charge in [-0.2, -0.15) is 0 Å². The number of nitrogens with one attached hydrogen (secondary N) is 2. The molecular weight excluding hydrogens is 366 g/mol. The molecule has 0 spiro atoms. The van der Waals surface area contributed by atoms with Crippen molar-refractivity contribution in [1.29, 1.82) is 0 Å². The van der Waals surface area contributed by atoms with Crippen LogP contribution in [0.3, 0.4) is 0 Å². The molecule has 1 heterocycles. The third-order valence-corrected chi connectivity index (χ3v) is 3.57. The van der Waals surface area contributed by atoms with Gasteiger partial charge >= 0.3 is 0 Å². The maximum atomic E-state index is 12.0. The van der Waals surface area contributed by atoms with Gasteiger partial charge in [0.1, 0.15) is 5.75 Å². The van der Waals surface area contributed by atoms with Crippen LogP contribution in [-0.2, 0) is 4.79 Å². The van der Waals surface area contributed by atoms with Gasteiger partial charge in [-0.05, 0) is 42.5 Å². The molecule has 9 nitrogen and oxygen atoms in total. The predicted molar refractivity (Wildman–Crippen MR) is 100 cm³/mol. The number of nitro groups is 1. The molecule has 0 bridgehead atoms. The van der Waals surface area contributed by atoms with Crippen LogP contribution >= 0.6 is 0 Å². The summed E-state index contributed by atoms with van der Waals surface area (Å²) < 4.78 is 10.3. The average molecular weight is 381 g/mol. The molecule has 1 aromatic heterocycles. The molecule has 2 amide bonds. The van der Waals surface area contributed by atoms with Gasteiger partial charge < -0.3 is 19.8 Å². The highest BCUT2D eigenvalue weighted by Gasteiger charge is 2.10. The van der Waals surface area contributed by atoms with E-state index < -0.39 is 10.8 Å². The van der Waals surface area contributed by atoms with Crippen molar-refractivity contribution < 1.29 is 23.7 Å². The Balaban J connectivity index is 1.51. The number of rotatable bonds is 7. The predicted octanol–water partition coefficient (Wildman–Crippen LogP) is 3.46. The second-order valence-electron chi connectivity index (χ2n) is 5.60. The van der Waals surface area contributed by atoms with Gasteiger partial charge in [0, 0.05) is 17.4 Å². The monoisotopic (exact) mass is 381 g/mol. The molecule has 2 aromatic carbocycles. The summed E-state index contributed by atoms with van der Waals surface area (Å²) in [7, 11) is 0. The van der Waals surface area contributed by atoms with Gasteiger partial charge in [0.15, 0.2) is 12.4 Å². The number of nitrogens with zero attached hydrogens (tertiary/aromatic N) is 1. The van der Waals surface area contributed by atoms with Crippen molar-refractivity contribution in [2.24, 2.45) is 0 Å². The molecule has 0 radical (unpaired) electrons. The summed E-state index contributed by atoms with van der Waals surface area (Å²) in [5.41, 5.74) is 0.918. The van der Waals surface area contributed by atoms with Crippen LogP contribution in [0.4, 0.5) is 17.1 Å². The number of nitro benzene ring substituents is 1. The van der Waals surface area contributed by atoms with Gasteiger partial charge in [-0.15, -0.1) is 0 Å². The van der Waals surface area contributed by atoms with E-state index in [1.165, 1.54) is 30.5 Å². The molecule has 3 aromatic rings. The van der Waals surface area contributed by atoms with Crippen molar-refractivity contribution in [1.82, 2.24) is 0 Å². The largest absolute Gasteiger partial charge is 0.484 e. The molecule has 3 rings (SSSR count). The zero-order valence-electron chi connectivity index (χ0n) is 14.5. The Morgan fingerprint density at radius 1 is 1.00 bits per heavy atom. The summed E-state index contributed by atoms with van der Waals surface area (Å²) in [6, 6.07) is 15.2. The third kappa shape index (κ3) is 4.94. The highest BCUT2D eigenvalue weighted by Crippen LogP contribution is 2.19. The van der Waals surface area contributed by atoms with Gasteiger partial charge in [-0.1, -0.05) is 6.07 Å². The van der Waals surface area contributed by atoms with Gasteiger partial charge in [-0.25, -0.2) is 0 Å². The number of anilines is 2. The smallest absolute Gasteiger partial charge is 0.291 e. The van der Waals surface area contributed by atoms with Gasteiger partial charge in [0.05, 0.1) is 17.3 Å². The summed E-state index contributed by atoms with van der Waals surface area (Å²) in [6.45, 7) is -0.307. The van der Waals surface area contributed by atoms with Crippen molar-refractivity contribution >= 4 is 28.9 Å². The van der Waals surface area contributed by atoms with Gasteiger partial charge in [0.2, 0.25) is 0 Å². The normalized spacial score (nSPS) is 10.1. The average Bonchev–Trinajstić information content (AvgIpc) is 3.23. The first-order valence-electron chi connectivity index (χ1n) is 8.13. The highest BCUT2D eigenvalue weighted by atomic mass is 16.6. The lowest BCUT2D eigenvalue weighted by Gasteiger charge is -2.08. The Kier molecular flexibility index (Phi) is 5.66. The number of benzene rings is 2. The van der Waals surface area contributed by atoms with E-state index in [2.05, 4.69) is 10.6 Å². The number of hydrogen-bond donors (Lipinski definition) is 2. The topological polar surface area (TPSA) is 124 Å². The third-order valence-electron chi connectivity index (χ3n) is 3.57. The Hall–Kier alpha value is -4.14. The van der Waals surface area contributed by atoms with E-state index in [1.54, 1.807) is 36.4 Å². The molecule has 0 aliphatic heterocycles. The Labute approximate surface area is 159 Å². The molecule has 0 aliphatic carbocycles. The van der Waals surface area contributed by atoms with Crippen LogP contribution in [0.5, 0.6) is 5.75 Å². The number of non-ortho nitro benzene ring substituents is 1. The van der Waals surface area contributed by atoms with E-state index in [0.717, 1.165) is 0 Å². The first kappa shape index (κ1) is 18.6. The minimum atomic E-state index is -0.543. The van der Waals surface area contributed by atoms with E-state index in [4.69, 9.17) is 9.15 Å². The number of ether oxygens (including phenoxy) is 1. The molecular formula is C19H15N3O6. The van der Waals surface area contributed by atoms with Crippen molar-refractivity contribution in [3.8, 4) is 5.75 Å². The SMILES string of the molecule is O=C(COc1cccc([N+](=O)[O-])c1)Nc1ccc(NC(=O)c2ccco2)cc1. The zero-order chi connectivity index (χ0) is 19.9. The van der Waals surface area contributed by atoms with Crippen LogP contribution < -0.4 is 15.4 Å². The fourth-order valence-corrected chi connectivity index (χ4v) is 2.27. The lowest BCUT2D eigenvalue weighted by molar-refractivity contribution is -0.384. The fraction of sp³-hybridized carbons (Fsp3) is 0.0526. The molecule has 28 heavy (non-hydrogen) atoms. The van der Waals surface area contributed by atoms with E-state index in [9.17, 15) is 19.7 Å². The molecule has 0 saturated heterocycles. The standard InChI is InChI=1S/C19H15N3O6/c23-18(12-28-16-4-1-3-15(11-16)22(25)26)20-13-6-8-14(9-7-13)21-19(24)17-5-2-10-27-17/h1-11H,12H2,(H,20,23)(H,21,24). The van der Waals surface area contributed by atoms with Crippen LogP contribution in [0.1, 0.15) is 10.6 Å². The number of furan rings is 1. The molecule has 142 valence electrons. The second kappa shape index (κ2) is 8.49. The van der Waals surface area contributed by atoms with Gasteiger partial charge in [0.25, 0.3) is 17.5 Å². The summed E-state index contributed by atoms with van der Waals surface area (Å²) >= 11 is 0. The minimum absolute atomic E-state index is 0.120. The van der Waals surface area contributed by atoms with Crippen molar-refractivity contribution in [3.05, 3.63) is 82.8 Å². The number of hydrogen-bond acceptors (Lipinski definition) is 6. The minimum Gasteiger partial charge on any atom is -0.484 e. The highest BCUT2D eigenvalue weighted by molar-refractivity contribution is 6.02. The Morgan fingerprint density at radius 2 is 1.71 bits per heavy atom. The zero-order valence-corrected chi connectivity index (χ0v) is 14.5. The molecule has 0 aliphatic rings. The fourth-order valence-electron chi connectivity index (χ4n) is 2.27. The maximum Gasteiger partial charge on any atom is 0.291 e. The Bertz CT molecular complexity index is 983. The molecule has 0 saturated carbocycles. The second-order valence-corrected chi connectivity index (χ2v) is 5.60. The molecule has 0 fully saturated rings. The molecule has 2 N–H and O–H groups in total. The van der Waals surface area contributed by atoms with Gasteiger partial charge in [-0.3, -0.25) is 19.7 Å². The molecule has 9 heteroatoms. The van der Waals surface area contributed by atoms with Crippen molar-refractivity contribution in [2.45, 2.75) is 0 Å². The number of carbonyl (C=O) groups excluding carboxylic acids is 2. The molecule has 0 unspecified atom stereocenters. The summed E-state index contributed by atoms with van der Waals surface area (Å²) in [5.74, 6) is -0.401. The van der Waals surface area contributed by atoms with Crippen LogP contribution in [0.25, 0.3) is 0 Å². The summed E-state index contributed by atoms with van der Waals surface area (Å²) in [5, 5.41) is 16.0. The summed E-state index contributed by atoms with van der Waals surface area (Å²) in [6.07, 6.45) is 1.41. The maximum absolute atomic E-state index is 12.0. The first-order chi connectivity index (χ1) is 13.5. The molecule has 0 atom stereocenters. The van der Waals surface area contributed by atoms with Crippen molar-refractivity contribution in [3.63, 3.8) is 0 Å². The van der Waals surface area contributed by atoms with Crippen LogP contribution in [0.15, 0.2) is 71.3 Å². The Morgan fingerprint density at radius 3 is 2.36 bits per heavy atom. The van der Waals surface area contributed by atoms with E-state index in [0.29, 0.717) is 11.4 Å². The first-order valence-corrected chi connectivity index (χ1v) is 8.13. The number of carbonyl (C=O) groups is 2. The number of amides is 2. The van der Waals surface area contributed by atoms with E-state index in [1.807, 2.05) is 0 Å². The van der Waals surface area contributed by atoms with Crippen molar-refractivity contribution in [2.75, 3.05) is 17.2 Å². The summed E-state index contributed by atoms with van der Waals surface area (Å²) in [4.78, 5) is 34.1. The van der Waals surface area contributed by atoms with Crippen LogP contribution in [0.2, 0.25) is 0 Å². The lowest BCUT2D eigenvalue weighted by Crippen LogP contribution is -2.20. The quantitative estimate of drug-likeness (QED) is 0.477. The van der Waals surface area contributed by atoms with E-state index >= 15 is 0 Å². The van der Waals surface area contributed by atoms with Crippen LogP contribution in [-0.4, -0.2) is 23.3 Å². The van der Waals surface area contributed by atoms with E-state index in [-0.39, 0.29) is 29.7 Å².